The standard InChI is InChI=1S/C13H21N3O/c1-4-16(5-2)13(17)10-15(3)12-9-7-6-8-11(12)14/h6-9H,4-5,10,14H2,1-3H3. The number of carbonyl (C=O) groups excluding carboxylic acids is 1. The van der Waals surface area contributed by atoms with Gasteiger partial charge in [-0.15, -0.1) is 0 Å². The first kappa shape index (κ1) is 13.4. The molecule has 0 aliphatic carbocycles. The summed E-state index contributed by atoms with van der Waals surface area (Å²) in [7, 11) is 1.88. The fourth-order valence-corrected chi connectivity index (χ4v) is 1.80. The lowest BCUT2D eigenvalue weighted by molar-refractivity contribution is -0.129. The molecule has 1 rings (SSSR count). The molecule has 0 radical (unpaired) electrons. The van der Waals surface area contributed by atoms with E-state index in [1.807, 2.05) is 55.0 Å². The molecule has 0 aliphatic rings. The van der Waals surface area contributed by atoms with Gasteiger partial charge in [0.15, 0.2) is 0 Å². The zero-order chi connectivity index (χ0) is 12.8. The lowest BCUT2D eigenvalue weighted by Crippen LogP contribution is -2.39. The Labute approximate surface area is 103 Å². The van der Waals surface area contributed by atoms with Crippen LogP contribution in [-0.2, 0) is 4.79 Å². The number of benzene rings is 1. The minimum absolute atomic E-state index is 0.126. The van der Waals surface area contributed by atoms with Crippen LogP contribution in [0, 0.1) is 0 Å². The molecule has 1 amide bonds. The van der Waals surface area contributed by atoms with Crippen LogP contribution in [0.2, 0.25) is 0 Å². The highest BCUT2D eigenvalue weighted by Crippen LogP contribution is 2.20. The summed E-state index contributed by atoms with van der Waals surface area (Å²) in [5.41, 5.74) is 7.46. The van der Waals surface area contributed by atoms with Crippen molar-refractivity contribution in [2.24, 2.45) is 0 Å². The molecule has 17 heavy (non-hydrogen) atoms. The quantitative estimate of drug-likeness (QED) is 0.788. The summed E-state index contributed by atoms with van der Waals surface area (Å²) in [5, 5.41) is 0. The molecule has 0 fully saturated rings. The zero-order valence-electron chi connectivity index (χ0n) is 10.8. The predicted molar refractivity (Wildman–Crippen MR) is 72.1 cm³/mol. The van der Waals surface area contributed by atoms with E-state index in [9.17, 15) is 4.79 Å². The molecule has 1 aromatic carbocycles. The molecule has 0 saturated carbocycles. The molecular formula is C13H21N3O. The van der Waals surface area contributed by atoms with E-state index in [1.165, 1.54) is 0 Å². The Morgan fingerprint density at radius 2 is 1.82 bits per heavy atom. The molecule has 0 bridgehead atoms. The van der Waals surface area contributed by atoms with Crippen molar-refractivity contribution >= 4 is 17.3 Å². The third-order valence-corrected chi connectivity index (χ3v) is 2.84. The zero-order valence-corrected chi connectivity index (χ0v) is 10.8. The molecule has 0 spiro atoms. The Morgan fingerprint density at radius 3 is 2.35 bits per heavy atom. The number of amides is 1. The van der Waals surface area contributed by atoms with E-state index in [1.54, 1.807) is 0 Å². The number of hydrogen-bond acceptors (Lipinski definition) is 3. The number of rotatable bonds is 5. The van der Waals surface area contributed by atoms with E-state index in [0.29, 0.717) is 12.2 Å². The first-order valence-electron chi connectivity index (χ1n) is 5.93. The van der Waals surface area contributed by atoms with Crippen LogP contribution >= 0.6 is 0 Å². The van der Waals surface area contributed by atoms with Gasteiger partial charge in [-0.2, -0.15) is 0 Å². The predicted octanol–water partition coefficient (Wildman–Crippen LogP) is 1.57. The molecule has 0 aromatic heterocycles. The van der Waals surface area contributed by atoms with Crippen LogP contribution in [0.4, 0.5) is 11.4 Å². The van der Waals surface area contributed by atoms with Gasteiger partial charge in [0.25, 0.3) is 0 Å². The highest BCUT2D eigenvalue weighted by atomic mass is 16.2. The number of nitrogen functional groups attached to an aromatic ring is 1. The molecule has 0 atom stereocenters. The number of nitrogens with zero attached hydrogens (tertiary/aromatic N) is 2. The van der Waals surface area contributed by atoms with Crippen molar-refractivity contribution in [1.82, 2.24) is 4.90 Å². The van der Waals surface area contributed by atoms with Crippen molar-refractivity contribution in [3.63, 3.8) is 0 Å². The Morgan fingerprint density at radius 1 is 1.24 bits per heavy atom. The largest absolute Gasteiger partial charge is 0.397 e. The average Bonchev–Trinajstić information content (AvgIpc) is 2.31. The first-order valence-corrected chi connectivity index (χ1v) is 5.93. The summed E-state index contributed by atoms with van der Waals surface area (Å²) >= 11 is 0. The van der Waals surface area contributed by atoms with Gasteiger partial charge in [-0.25, -0.2) is 0 Å². The molecule has 0 heterocycles. The second-order valence-corrected chi connectivity index (χ2v) is 3.98. The first-order chi connectivity index (χ1) is 8.10. The maximum absolute atomic E-state index is 11.9. The molecule has 0 aliphatic heterocycles. The lowest BCUT2D eigenvalue weighted by atomic mass is 10.2. The number of nitrogens with two attached hydrogens (primary N) is 1. The van der Waals surface area contributed by atoms with Gasteiger partial charge in [0, 0.05) is 20.1 Å². The van der Waals surface area contributed by atoms with E-state index < -0.39 is 0 Å². The van der Waals surface area contributed by atoms with Crippen LogP contribution in [0.25, 0.3) is 0 Å². The van der Waals surface area contributed by atoms with E-state index in [0.717, 1.165) is 18.8 Å². The molecule has 0 unspecified atom stereocenters. The average molecular weight is 235 g/mol. The summed E-state index contributed by atoms with van der Waals surface area (Å²) in [4.78, 5) is 15.6. The summed E-state index contributed by atoms with van der Waals surface area (Å²) in [6, 6.07) is 7.57. The van der Waals surface area contributed by atoms with E-state index in [4.69, 9.17) is 5.73 Å². The van der Waals surface area contributed by atoms with Gasteiger partial charge in [0.1, 0.15) is 0 Å². The molecule has 2 N–H and O–H groups in total. The van der Waals surface area contributed by atoms with E-state index >= 15 is 0 Å². The molecular weight excluding hydrogens is 214 g/mol. The number of anilines is 2. The Balaban J connectivity index is 2.70. The molecule has 0 saturated heterocycles. The topological polar surface area (TPSA) is 49.6 Å². The van der Waals surface area contributed by atoms with Gasteiger partial charge in [0.05, 0.1) is 17.9 Å². The van der Waals surface area contributed by atoms with Crippen LogP contribution in [0.15, 0.2) is 24.3 Å². The minimum Gasteiger partial charge on any atom is -0.397 e. The Hall–Kier alpha value is -1.71. The van der Waals surface area contributed by atoms with Gasteiger partial charge in [-0.3, -0.25) is 4.79 Å². The van der Waals surface area contributed by atoms with E-state index in [2.05, 4.69) is 0 Å². The molecule has 1 aromatic rings. The van der Waals surface area contributed by atoms with Crippen LogP contribution in [0.5, 0.6) is 0 Å². The highest BCUT2D eigenvalue weighted by Gasteiger charge is 2.13. The van der Waals surface area contributed by atoms with Gasteiger partial charge in [-0.05, 0) is 26.0 Å². The summed E-state index contributed by atoms with van der Waals surface area (Å²) in [6.45, 7) is 5.81. The lowest BCUT2D eigenvalue weighted by Gasteiger charge is -2.25. The smallest absolute Gasteiger partial charge is 0.242 e. The Kier molecular flexibility index (Phi) is 4.82. The third-order valence-electron chi connectivity index (χ3n) is 2.84. The second-order valence-electron chi connectivity index (χ2n) is 3.98. The maximum atomic E-state index is 11.9. The van der Waals surface area contributed by atoms with Crippen molar-refractivity contribution in [2.45, 2.75) is 13.8 Å². The van der Waals surface area contributed by atoms with Crippen LogP contribution < -0.4 is 10.6 Å². The number of carbonyl (C=O) groups is 1. The minimum atomic E-state index is 0.126. The maximum Gasteiger partial charge on any atom is 0.242 e. The van der Waals surface area contributed by atoms with Crippen molar-refractivity contribution in [3.05, 3.63) is 24.3 Å². The fraction of sp³-hybridized carbons (Fsp3) is 0.462. The van der Waals surface area contributed by atoms with Crippen molar-refractivity contribution < 1.29 is 4.79 Å². The van der Waals surface area contributed by atoms with Crippen molar-refractivity contribution in [2.75, 3.05) is 37.3 Å². The number of para-hydroxylation sites is 2. The van der Waals surface area contributed by atoms with Gasteiger partial charge in [0.2, 0.25) is 5.91 Å². The van der Waals surface area contributed by atoms with E-state index in [-0.39, 0.29) is 5.91 Å². The van der Waals surface area contributed by atoms with Crippen molar-refractivity contribution in [1.29, 1.82) is 0 Å². The fourth-order valence-electron chi connectivity index (χ4n) is 1.80. The molecule has 4 nitrogen and oxygen atoms in total. The van der Waals surface area contributed by atoms with Crippen LogP contribution in [0.1, 0.15) is 13.8 Å². The molecule has 94 valence electrons. The van der Waals surface area contributed by atoms with Gasteiger partial charge in [-0.1, -0.05) is 12.1 Å². The SMILES string of the molecule is CCN(CC)C(=O)CN(C)c1ccccc1N. The molecule has 4 heteroatoms. The highest BCUT2D eigenvalue weighted by molar-refractivity contribution is 5.83. The summed E-state index contributed by atoms with van der Waals surface area (Å²) < 4.78 is 0. The normalized spacial score (nSPS) is 10.1. The number of likely N-dealkylation sites (N-methyl/N-ethyl adjacent to an activating group) is 2. The van der Waals surface area contributed by atoms with Crippen molar-refractivity contribution in [3.8, 4) is 0 Å². The third kappa shape index (κ3) is 3.37. The van der Waals surface area contributed by atoms with Crippen LogP contribution in [0.3, 0.4) is 0 Å². The summed E-state index contributed by atoms with van der Waals surface area (Å²) in [6.07, 6.45) is 0. The van der Waals surface area contributed by atoms with Crippen LogP contribution in [-0.4, -0.2) is 37.5 Å². The number of hydrogen-bond donors (Lipinski definition) is 1. The Bertz CT molecular complexity index is 375. The second kappa shape index (κ2) is 6.13. The summed E-state index contributed by atoms with van der Waals surface area (Å²) in [5.74, 6) is 0.126. The van der Waals surface area contributed by atoms with Gasteiger partial charge < -0.3 is 15.5 Å². The monoisotopic (exact) mass is 235 g/mol. The van der Waals surface area contributed by atoms with Gasteiger partial charge >= 0.3 is 0 Å².